The first kappa shape index (κ1) is 13.1. The van der Waals surface area contributed by atoms with Gasteiger partial charge < -0.3 is 19.0 Å². The first-order valence-corrected chi connectivity index (χ1v) is 6.84. The molecular weight excluding hydrogens is 186 g/mol. The van der Waals surface area contributed by atoms with Crippen molar-refractivity contribution in [3.8, 4) is 0 Å². The molecule has 0 aromatic heterocycles. The molecule has 1 atom stereocenters. The van der Waals surface area contributed by atoms with Gasteiger partial charge in [-0.2, -0.15) is 0 Å². The summed E-state index contributed by atoms with van der Waals surface area (Å²) in [6.07, 6.45) is 2.77. The third kappa shape index (κ3) is 5.38. The van der Waals surface area contributed by atoms with E-state index in [1.807, 2.05) is 6.55 Å². The van der Waals surface area contributed by atoms with Gasteiger partial charge in [-0.1, -0.05) is 13.3 Å². The van der Waals surface area contributed by atoms with Gasteiger partial charge in [-0.05, 0) is 12.8 Å². The van der Waals surface area contributed by atoms with Crippen LogP contribution >= 0.6 is 0 Å². The molecule has 4 nitrogen and oxygen atoms in total. The van der Waals surface area contributed by atoms with E-state index in [4.69, 9.17) is 19.0 Å². The quantitative estimate of drug-likeness (QED) is 0.505. The van der Waals surface area contributed by atoms with Crippen LogP contribution in [0.4, 0.5) is 0 Å². The van der Waals surface area contributed by atoms with Crippen molar-refractivity contribution in [3.63, 3.8) is 0 Å². The SMILES string of the molecule is CCCCC(N)O[Si](C)(OC)OC. The molecule has 0 saturated heterocycles. The Labute approximate surface area is 81.7 Å². The Kier molecular flexibility index (Phi) is 6.53. The third-order valence-electron chi connectivity index (χ3n) is 1.95. The Morgan fingerprint density at radius 2 is 1.85 bits per heavy atom. The summed E-state index contributed by atoms with van der Waals surface area (Å²) in [6, 6.07) is 0. The Balaban J connectivity index is 3.79. The molecule has 80 valence electrons. The fourth-order valence-corrected chi connectivity index (χ4v) is 1.95. The maximum Gasteiger partial charge on any atom is 0.498 e. The van der Waals surface area contributed by atoms with Crippen LogP contribution in [0.15, 0.2) is 0 Å². The highest BCUT2D eigenvalue weighted by atomic mass is 28.4. The van der Waals surface area contributed by atoms with Crippen molar-refractivity contribution < 1.29 is 13.3 Å². The van der Waals surface area contributed by atoms with E-state index in [0.717, 1.165) is 19.3 Å². The molecule has 0 aromatic carbocycles. The predicted molar refractivity (Wildman–Crippen MR) is 54.2 cm³/mol. The van der Waals surface area contributed by atoms with Gasteiger partial charge in [-0.25, -0.2) is 0 Å². The molecule has 0 saturated carbocycles. The van der Waals surface area contributed by atoms with E-state index in [9.17, 15) is 0 Å². The molecule has 0 fully saturated rings. The summed E-state index contributed by atoms with van der Waals surface area (Å²) in [5.41, 5.74) is 5.75. The number of hydrogen-bond donors (Lipinski definition) is 1. The molecule has 0 radical (unpaired) electrons. The molecule has 0 aliphatic rings. The van der Waals surface area contributed by atoms with Crippen molar-refractivity contribution >= 4 is 8.80 Å². The lowest BCUT2D eigenvalue weighted by atomic mass is 10.2. The summed E-state index contributed by atoms with van der Waals surface area (Å²) in [4.78, 5) is 0. The molecule has 0 aromatic rings. The molecule has 0 bridgehead atoms. The van der Waals surface area contributed by atoms with E-state index >= 15 is 0 Å². The lowest BCUT2D eigenvalue weighted by molar-refractivity contribution is 0.0589. The molecule has 0 rings (SSSR count). The molecule has 5 heteroatoms. The second kappa shape index (κ2) is 6.50. The monoisotopic (exact) mass is 207 g/mol. The molecule has 0 amide bonds. The van der Waals surface area contributed by atoms with Gasteiger partial charge in [0.2, 0.25) is 0 Å². The summed E-state index contributed by atoms with van der Waals surface area (Å²) < 4.78 is 15.8. The Morgan fingerprint density at radius 3 is 2.23 bits per heavy atom. The van der Waals surface area contributed by atoms with Crippen LogP contribution in [-0.4, -0.2) is 29.3 Å². The zero-order valence-electron chi connectivity index (χ0n) is 9.00. The average molecular weight is 207 g/mol. The molecule has 0 aliphatic carbocycles. The minimum atomic E-state index is -2.44. The topological polar surface area (TPSA) is 53.7 Å². The molecule has 13 heavy (non-hydrogen) atoms. The van der Waals surface area contributed by atoms with Crippen LogP contribution in [0.2, 0.25) is 6.55 Å². The van der Waals surface area contributed by atoms with Gasteiger partial charge in [0.15, 0.2) is 0 Å². The van der Waals surface area contributed by atoms with E-state index in [0.29, 0.717) is 0 Å². The van der Waals surface area contributed by atoms with Gasteiger partial charge >= 0.3 is 8.80 Å². The van der Waals surface area contributed by atoms with Crippen molar-refractivity contribution in [1.29, 1.82) is 0 Å². The molecule has 0 aliphatic heterocycles. The number of rotatable bonds is 7. The summed E-state index contributed by atoms with van der Waals surface area (Å²) in [7, 11) is 0.736. The Morgan fingerprint density at radius 1 is 1.31 bits per heavy atom. The lowest BCUT2D eigenvalue weighted by Crippen LogP contribution is -2.46. The van der Waals surface area contributed by atoms with Crippen LogP contribution in [-0.2, 0) is 13.3 Å². The van der Waals surface area contributed by atoms with E-state index in [2.05, 4.69) is 6.92 Å². The first-order chi connectivity index (χ1) is 6.08. The second-order valence-electron chi connectivity index (χ2n) is 3.07. The highest BCUT2D eigenvalue weighted by Gasteiger charge is 2.33. The molecule has 0 spiro atoms. The fourth-order valence-electron chi connectivity index (χ4n) is 0.919. The first-order valence-electron chi connectivity index (χ1n) is 4.61. The largest absolute Gasteiger partial charge is 0.498 e. The standard InChI is InChI=1S/C8H21NO3Si/c1-5-6-7-8(9)12-13(4,10-2)11-3/h8H,5-7,9H2,1-4H3. The summed E-state index contributed by atoms with van der Waals surface area (Å²) in [5, 5.41) is 0. The van der Waals surface area contributed by atoms with Gasteiger partial charge in [0.05, 0.1) is 6.23 Å². The van der Waals surface area contributed by atoms with Crippen molar-refractivity contribution in [1.82, 2.24) is 0 Å². The fraction of sp³-hybridized carbons (Fsp3) is 1.00. The van der Waals surface area contributed by atoms with Gasteiger partial charge in [0.25, 0.3) is 0 Å². The van der Waals surface area contributed by atoms with E-state index in [1.165, 1.54) is 0 Å². The number of hydrogen-bond acceptors (Lipinski definition) is 4. The van der Waals surface area contributed by atoms with E-state index in [1.54, 1.807) is 14.2 Å². The second-order valence-corrected chi connectivity index (χ2v) is 5.85. The van der Waals surface area contributed by atoms with Crippen LogP contribution in [0.1, 0.15) is 26.2 Å². The van der Waals surface area contributed by atoms with E-state index < -0.39 is 8.80 Å². The zero-order valence-corrected chi connectivity index (χ0v) is 10.0. The van der Waals surface area contributed by atoms with Crippen molar-refractivity contribution in [2.24, 2.45) is 5.73 Å². The van der Waals surface area contributed by atoms with Crippen LogP contribution in [0, 0.1) is 0 Å². The van der Waals surface area contributed by atoms with Crippen LogP contribution in [0.5, 0.6) is 0 Å². The highest BCUT2D eigenvalue weighted by molar-refractivity contribution is 6.59. The van der Waals surface area contributed by atoms with E-state index in [-0.39, 0.29) is 6.23 Å². The van der Waals surface area contributed by atoms with Crippen molar-refractivity contribution in [3.05, 3.63) is 0 Å². The summed E-state index contributed by atoms with van der Waals surface area (Å²) in [5.74, 6) is 0. The summed E-state index contributed by atoms with van der Waals surface area (Å²) >= 11 is 0. The average Bonchev–Trinajstić information content (AvgIpc) is 2.14. The van der Waals surface area contributed by atoms with Crippen molar-refractivity contribution in [2.75, 3.05) is 14.2 Å². The predicted octanol–water partition coefficient (Wildman–Crippen LogP) is 1.34. The maximum absolute atomic E-state index is 5.75. The normalized spacial score (nSPS) is 14.5. The van der Waals surface area contributed by atoms with Crippen LogP contribution in [0.25, 0.3) is 0 Å². The summed E-state index contributed by atoms with van der Waals surface area (Å²) in [6.45, 7) is 3.95. The van der Waals surface area contributed by atoms with Gasteiger partial charge in [0, 0.05) is 20.8 Å². The molecule has 2 N–H and O–H groups in total. The van der Waals surface area contributed by atoms with Crippen LogP contribution < -0.4 is 5.73 Å². The smallest absolute Gasteiger partial charge is 0.377 e. The number of unbranched alkanes of at least 4 members (excludes halogenated alkanes) is 1. The minimum absolute atomic E-state index is 0.267. The highest BCUT2D eigenvalue weighted by Crippen LogP contribution is 2.10. The molecular formula is C8H21NO3Si. The minimum Gasteiger partial charge on any atom is -0.377 e. The molecule has 1 unspecified atom stereocenters. The lowest BCUT2D eigenvalue weighted by Gasteiger charge is -2.25. The van der Waals surface area contributed by atoms with Crippen molar-refractivity contribution in [2.45, 2.75) is 39.0 Å². The Hall–Kier alpha value is 0.0569. The zero-order chi connectivity index (χ0) is 10.3. The molecule has 0 heterocycles. The number of nitrogens with two attached hydrogens (primary N) is 1. The van der Waals surface area contributed by atoms with Gasteiger partial charge in [-0.3, -0.25) is 0 Å². The Bertz CT molecular complexity index is 131. The van der Waals surface area contributed by atoms with Gasteiger partial charge in [-0.15, -0.1) is 0 Å². The maximum atomic E-state index is 5.75. The third-order valence-corrected chi connectivity index (χ3v) is 4.16. The van der Waals surface area contributed by atoms with Crippen LogP contribution in [0.3, 0.4) is 0 Å². The van der Waals surface area contributed by atoms with Gasteiger partial charge in [0.1, 0.15) is 0 Å².